The van der Waals surface area contributed by atoms with Gasteiger partial charge in [0.25, 0.3) is 0 Å². The monoisotopic (exact) mass is 299 g/mol. The number of likely N-dealkylation sites (N-methyl/N-ethyl adjacent to an activating group) is 1. The minimum Gasteiger partial charge on any atom is -0.379 e. The number of methoxy groups -OCH3 is 1. The van der Waals surface area contributed by atoms with Crippen molar-refractivity contribution in [2.75, 3.05) is 14.2 Å². The Balaban J connectivity index is 2.26. The molecule has 2 rings (SSSR count). The molecule has 114 valence electrons. The molecule has 1 aliphatic carbocycles. The van der Waals surface area contributed by atoms with Crippen LogP contribution in [0.4, 0.5) is 0 Å². The fourth-order valence-electron chi connectivity index (χ4n) is 3.45. The van der Waals surface area contributed by atoms with E-state index in [1.807, 2.05) is 18.8 Å². The first-order chi connectivity index (χ1) is 9.72. The molecule has 0 spiro atoms. The average molecular weight is 300 g/mol. The summed E-state index contributed by atoms with van der Waals surface area (Å²) < 4.78 is 7.83. The van der Waals surface area contributed by atoms with Gasteiger partial charge in [-0.2, -0.15) is 5.10 Å². The summed E-state index contributed by atoms with van der Waals surface area (Å²) in [5.41, 5.74) is 1.05. The van der Waals surface area contributed by atoms with Crippen LogP contribution in [-0.4, -0.2) is 30.0 Å². The molecule has 2 unspecified atom stereocenters. The lowest BCUT2D eigenvalue weighted by Crippen LogP contribution is -2.39. The summed E-state index contributed by atoms with van der Waals surface area (Å²) in [5.74, 6) is 0.600. The second-order valence-corrected chi connectivity index (χ2v) is 5.97. The van der Waals surface area contributed by atoms with Crippen LogP contribution in [0, 0.1) is 5.92 Å². The maximum Gasteiger partial charge on any atom is 0.0835 e. The highest BCUT2D eigenvalue weighted by Crippen LogP contribution is 2.36. The molecule has 1 saturated carbocycles. The van der Waals surface area contributed by atoms with Crippen LogP contribution in [0.1, 0.15) is 50.8 Å². The summed E-state index contributed by atoms with van der Waals surface area (Å²) in [6, 6.07) is 0.0954. The molecular formula is C15H26ClN3O. The number of hydrogen-bond donors (Lipinski definition) is 1. The first-order valence-electron chi connectivity index (χ1n) is 7.64. The van der Waals surface area contributed by atoms with Crippen molar-refractivity contribution in [3.05, 3.63) is 16.9 Å². The van der Waals surface area contributed by atoms with Crippen molar-refractivity contribution >= 4 is 11.6 Å². The van der Waals surface area contributed by atoms with Gasteiger partial charge in [0, 0.05) is 13.7 Å². The number of nitrogens with zero attached hydrogens (tertiary/aromatic N) is 2. The Morgan fingerprint density at radius 3 is 2.70 bits per heavy atom. The zero-order chi connectivity index (χ0) is 14.5. The second-order valence-electron chi connectivity index (χ2n) is 5.56. The van der Waals surface area contributed by atoms with Crippen LogP contribution in [0.5, 0.6) is 0 Å². The van der Waals surface area contributed by atoms with Crippen LogP contribution in [0.15, 0.2) is 6.20 Å². The number of nitrogens with one attached hydrogen (secondary N) is 1. The molecule has 1 aromatic rings. The minimum absolute atomic E-state index is 0.0954. The predicted octanol–water partition coefficient (Wildman–Crippen LogP) is 3.41. The molecule has 2 atom stereocenters. The van der Waals surface area contributed by atoms with E-state index < -0.39 is 0 Å². The van der Waals surface area contributed by atoms with Gasteiger partial charge in [0.1, 0.15) is 0 Å². The molecule has 5 heteroatoms. The van der Waals surface area contributed by atoms with Gasteiger partial charge in [-0.1, -0.05) is 30.9 Å². The lowest BCUT2D eigenvalue weighted by Gasteiger charge is -2.35. The number of hydrogen-bond acceptors (Lipinski definition) is 3. The number of halogens is 1. The third kappa shape index (κ3) is 3.18. The molecule has 4 nitrogen and oxygen atoms in total. The normalized spacial score (nSPS) is 20.0. The fraction of sp³-hybridized carbons (Fsp3) is 0.800. The topological polar surface area (TPSA) is 39.1 Å². The van der Waals surface area contributed by atoms with Crippen molar-refractivity contribution in [3.63, 3.8) is 0 Å². The standard InChI is InChI=1S/C15H26ClN3O/c1-4-19-14(12(16)10-18-19)13(17-2)15(20-3)11-8-6-5-7-9-11/h10-11,13,15,17H,4-9H2,1-3H3. The third-order valence-electron chi connectivity index (χ3n) is 4.45. The molecule has 1 fully saturated rings. The Hall–Kier alpha value is -0.580. The Labute approximate surface area is 126 Å². The molecule has 0 aliphatic heterocycles. The Morgan fingerprint density at radius 1 is 1.45 bits per heavy atom. The molecule has 0 saturated heterocycles. The SMILES string of the molecule is CCn1ncc(Cl)c1C(NC)C(OC)C1CCCCC1. The van der Waals surface area contributed by atoms with Crippen molar-refractivity contribution in [2.24, 2.45) is 5.92 Å². The van der Waals surface area contributed by atoms with Crippen LogP contribution in [0.3, 0.4) is 0 Å². The number of aryl methyl sites for hydroxylation is 1. The van der Waals surface area contributed by atoms with Gasteiger partial charge in [-0.3, -0.25) is 4.68 Å². The maximum atomic E-state index is 6.36. The van der Waals surface area contributed by atoms with Gasteiger partial charge in [-0.05, 0) is 32.7 Å². The highest BCUT2D eigenvalue weighted by molar-refractivity contribution is 6.31. The quantitative estimate of drug-likeness (QED) is 0.875. The van der Waals surface area contributed by atoms with Gasteiger partial charge in [-0.25, -0.2) is 0 Å². The van der Waals surface area contributed by atoms with Crippen molar-refractivity contribution in [3.8, 4) is 0 Å². The molecule has 1 heterocycles. The van der Waals surface area contributed by atoms with Gasteiger partial charge >= 0.3 is 0 Å². The number of aromatic nitrogens is 2. The van der Waals surface area contributed by atoms with Crippen LogP contribution >= 0.6 is 11.6 Å². The Morgan fingerprint density at radius 2 is 2.15 bits per heavy atom. The summed E-state index contributed by atoms with van der Waals surface area (Å²) >= 11 is 6.36. The molecule has 0 bridgehead atoms. The first kappa shape index (κ1) is 15.8. The molecule has 20 heavy (non-hydrogen) atoms. The van der Waals surface area contributed by atoms with E-state index in [4.69, 9.17) is 16.3 Å². The zero-order valence-electron chi connectivity index (χ0n) is 12.7. The molecule has 1 N–H and O–H groups in total. The van der Waals surface area contributed by atoms with Gasteiger partial charge in [-0.15, -0.1) is 0 Å². The predicted molar refractivity (Wildman–Crippen MR) is 82.1 cm³/mol. The molecule has 0 radical (unpaired) electrons. The van der Waals surface area contributed by atoms with E-state index in [-0.39, 0.29) is 12.1 Å². The van der Waals surface area contributed by atoms with Crippen molar-refractivity contribution < 1.29 is 4.74 Å². The number of ether oxygens (including phenoxy) is 1. The van der Waals surface area contributed by atoms with E-state index in [0.717, 1.165) is 17.3 Å². The maximum absolute atomic E-state index is 6.36. The highest BCUT2D eigenvalue weighted by atomic mass is 35.5. The summed E-state index contributed by atoms with van der Waals surface area (Å²) in [7, 11) is 3.78. The lowest BCUT2D eigenvalue weighted by molar-refractivity contribution is 0.00733. The highest BCUT2D eigenvalue weighted by Gasteiger charge is 2.33. The van der Waals surface area contributed by atoms with Crippen LogP contribution in [0.25, 0.3) is 0 Å². The van der Waals surface area contributed by atoms with E-state index in [1.165, 1.54) is 32.1 Å². The zero-order valence-corrected chi connectivity index (χ0v) is 13.5. The fourth-order valence-corrected chi connectivity index (χ4v) is 3.71. The summed E-state index contributed by atoms with van der Waals surface area (Å²) in [6.45, 7) is 2.91. The van der Waals surface area contributed by atoms with Crippen molar-refractivity contribution in [1.82, 2.24) is 15.1 Å². The second kappa shape index (κ2) is 7.43. The van der Waals surface area contributed by atoms with E-state index >= 15 is 0 Å². The van der Waals surface area contributed by atoms with E-state index in [0.29, 0.717) is 5.92 Å². The van der Waals surface area contributed by atoms with E-state index in [9.17, 15) is 0 Å². The molecule has 0 amide bonds. The average Bonchev–Trinajstić information content (AvgIpc) is 2.86. The summed E-state index contributed by atoms with van der Waals surface area (Å²) in [5, 5.41) is 8.48. The minimum atomic E-state index is 0.0954. The van der Waals surface area contributed by atoms with Gasteiger partial charge in [0.05, 0.1) is 29.1 Å². The van der Waals surface area contributed by atoms with Crippen LogP contribution in [0.2, 0.25) is 5.02 Å². The smallest absolute Gasteiger partial charge is 0.0835 e. The van der Waals surface area contributed by atoms with E-state index in [2.05, 4.69) is 17.3 Å². The number of rotatable bonds is 6. The third-order valence-corrected chi connectivity index (χ3v) is 4.74. The molecular weight excluding hydrogens is 274 g/mol. The van der Waals surface area contributed by atoms with Crippen molar-refractivity contribution in [1.29, 1.82) is 0 Å². The lowest BCUT2D eigenvalue weighted by atomic mass is 9.82. The molecule has 1 aliphatic rings. The first-order valence-corrected chi connectivity index (χ1v) is 8.02. The van der Waals surface area contributed by atoms with Crippen LogP contribution in [-0.2, 0) is 11.3 Å². The molecule has 1 aromatic heterocycles. The van der Waals surface area contributed by atoms with Gasteiger partial charge in [0.2, 0.25) is 0 Å². The van der Waals surface area contributed by atoms with Crippen molar-refractivity contribution in [2.45, 2.75) is 57.7 Å². The largest absolute Gasteiger partial charge is 0.379 e. The van der Waals surface area contributed by atoms with E-state index in [1.54, 1.807) is 6.20 Å². The summed E-state index contributed by atoms with van der Waals surface area (Å²) in [6.07, 6.45) is 8.34. The summed E-state index contributed by atoms with van der Waals surface area (Å²) in [4.78, 5) is 0. The Bertz CT molecular complexity index is 415. The van der Waals surface area contributed by atoms with Gasteiger partial charge in [0.15, 0.2) is 0 Å². The molecule has 0 aromatic carbocycles. The van der Waals surface area contributed by atoms with Gasteiger partial charge < -0.3 is 10.1 Å². The Kier molecular flexibility index (Phi) is 5.87. The van der Waals surface area contributed by atoms with Crippen LogP contribution < -0.4 is 5.32 Å².